The number of piperidine rings is 1. The second-order valence-corrected chi connectivity index (χ2v) is 8.99. The van der Waals surface area contributed by atoms with Crippen molar-refractivity contribution in [2.24, 2.45) is 5.92 Å². The summed E-state index contributed by atoms with van der Waals surface area (Å²) < 4.78 is 0. The van der Waals surface area contributed by atoms with E-state index in [0.29, 0.717) is 24.2 Å². The average molecular weight is 383 g/mol. The molecule has 0 radical (unpaired) electrons. The maximum atomic E-state index is 12.8. The minimum atomic E-state index is 0.154. The Morgan fingerprint density at radius 2 is 1.79 bits per heavy atom. The molecular weight excluding hydrogens is 348 g/mol. The van der Waals surface area contributed by atoms with Crippen molar-refractivity contribution < 1.29 is 9.59 Å². The van der Waals surface area contributed by atoms with E-state index in [9.17, 15) is 9.59 Å². The third-order valence-corrected chi connectivity index (χ3v) is 7.63. The number of likely N-dealkylation sites (tertiary alicyclic amines) is 1. The number of nitrogens with zero attached hydrogens (tertiary/aromatic N) is 2. The second-order valence-electron chi connectivity index (χ2n) is 8.99. The molecule has 2 amide bonds. The molecule has 4 rings (SSSR count). The van der Waals surface area contributed by atoms with Gasteiger partial charge in [-0.2, -0.15) is 0 Å². The van der Waals surface area contributed by atoms with Crippen LogP contribution in [0, 0.1) is 5.92 Å². The standard InChI is InChI=1S/C24H34N2O2/c1-3-25(4-2)22(27)16-19-17-24(21-11-6-5-10-20(19)21)12-14-26(15-13-24)23(28)18-8-7-9-18/h5-6,10-11,18-19H,3-4,7-9,12-17H2,1-2H3/t19-/m1/s1. The Bertz CT molecular complexity index is 728. The first-order valence-corrected chi connectivity index (χ1v) is 11.2. The number of carbonyl (C=O) groups excluding carboxylic acids is 2. The van der Waals surface area contributed by atoms with Gasteiger partial charge in [-0.25, -0.2) is 0 Å². The van der Waals surface area contributed by atoms with Crippen molar-refractivity contribution in [2.75, 3.05) is 26.2 Å². The smallest absolute Gasteiger partial charge is 0.225 e. The number of amides is 2. The number of carbonyl (C=O) groups is 2. The van der Waals surface area contributed by atoms with Crippen molar-refractivity contribution in [3.05, 3.63) is 35.4 Å². The van der Waals surface area contributed by atoms with Gasteiger partial charge in [-0.05, 0) is 68.4 Å². The van der Waals surface area contributed by atoms with Gasteiger partial charge in [0.25, 0.3) is 0 Å². The first-order valence-electron chi connectivity index (χ1n) is 11.2. The second kappa shape index (κ2) is 7.88. The molecule has 1 aliphatic heterocycles. The third kappa shape index (κ3) is 3.35. The lowest BCUT2D eigenvalue weighted by atomic mass is 9.72. The van der Waals surface area contributed by atoms with Crippen LogP contribution in [0.15, 0.2) is 24.3 Å². The van der Waals surface area contributed by atoms with Gasteiger partial charge < -0.3 is 9.80 Å². The molecule has 1 atom stereocenters. The number of fused-ring (bicyclic) bond motifs is 2. The Labute approximate surface area is 169 Å². The van der Waals surface area contributed by atoms with Crippen molar-refractivity contribution in [2.45, 2.75) is 70.1 Å². The fourth-order valence-corrected chi connectivity index (χ4v) is 5.67. The molecule has 1 saturated carbocycles. The van der Waals surface area contributed by atoms with Gasteiger partial charge in [0.1, 0.15) is 0 Å². The van der Waals surface area contributed by atoms with Crippen LogP contribution in [0.5, 0.6) is 0 Å². The van der Waals surface area contributed by atoms with E-state index in [1.165, 1.54) is 17.5 Å². The zero-order chi connectivity index (χ0) is 19.7. The van der Waals surface area contributed by atoms with Crippen LogP contribution in [0.25, 0.3) is 0 Å². The van der Waals surface area contributed by atoms with Crippen molar-refractivity contribution in [3.63, 3.8) is 0 Å². The van der Waals surface area contributed by atoms with Crippen LogP contribution in [0.3, 0.4) is 0 Å². The highest BCUT2D eigenvalue weighted by atomic mass is 16.2. The molecule has 4 nitrogen and oxygen atoms in total. The van der Waals surface area contributed by atoms with E-state index in [-0.39, 0.29) is 11.3 Å². The largest absolute Gasteiger partial charge is 0.343 e. The van der Waals surface area contributed by atoms with Crippen molar-refractivity contribution in [1.82, 2.24) is 9.80 Å². The fourth-order valence-electron chi connectivity index (χ4n) is 5.67. The number of rotatable bonds is 5. The number of hydrogen-bond donors (Lipinski definition) is 0. The predicted octanol–water partition coefficient (Wildman–Crippen LogP) is 4.09. The van der Waals surface area contributed by atoms with E-state index < -0.39 is 0 Å². The fraction of sp³-hybridized carbons (Fsp3) is 0.667. The van der Waals surface area contributed by atoms with Crippen LogP contribution in [0.2, 0.25) is 0 Å². The summed E-state index contributed by atoms with van der Waals surface area (Å²) in [5, 5.41) is 0. The highest BCUT2D eigenvalue weighted by Gasteiger charge is 2.46. The van der Waals surface area contributed by atoms with Crippen molar-refractivity contribution in [3.8, 4) is 0 Å². The summed E-state index contributed by atoms with van der Waals surface area (Å²) in [6.45, 7) is 7.43. The minimum absolute atomic E-state index is 0.154. The minimum Gasteiger partial charge on any atom is -0.343 e. The van der Waals surface area contributed by atoms with Gasteiger partial charge in [0.05, 0.1) is 0 Å². The summed E-state index contributed by atoms with van der Waals surface area (Å²) in [7, 11) is 0. The highest BCUT2D eigenvalue weighted by molar-refractivity contribution is 5.80. The molecule has 1 spiro atoms. The molecule has 1 saturated heterocycles. The summed E-state index contributed by atoms with van der Waals surface area (Å²) in [6, 6.07) is 8.76. The lowest BCUT2D eigenvalue weighted by Crippen LogP contribution is -2.47. The Morgan fingerprint density at radius 3 is 2.39 bits per heavy atom. The molecule has 0 bridgehead atoms. The predicted molar refractivity (Wildman–Crippen MR) is 111 cm³/mol. The maximum Gasteiger partial charge on any atom is 0.225 e. The van der Waals surface area contributed by atoms with Gasteiger partial charge in [-0.1, -0.05) is 30.7 Å². The van der Waals surface area contributed by atoms with Gasteiger partial charge in [0.2, 0.25) is 11.8 Å². The zero-order valence-corrected chi connectivity index (χ0v) is 17.5. The molecule has 1 heterocycles. The van der Waals surface area contributed by atoms with Crippen LogP contribution >= 0.6 is 0 Å². The Hall–Kier alpha value is -1.84. The van der Waals surface area contributed by atoms with Crippen LogP contribution in [-0.4, -0.2) is 47.8 Å². The lowest BCUT2D eigenvalue weighted by Gasteiger charge is -2.42. The summed E-state index contributed by atoms with van der Waals surface area (Å²) in [4.78, 5) is 29.5. The van der Waals surface area contributed by atoms with Gasteiger partial charge in [0.15, 0.2) is 0 Å². The summed E-state index contributed by atoms with van der Waals surface area (Å²) >= 11 is 0. The Kier molecular flexibility index (Phi) is 5.48. The van der Waals surface area contributed by atoms with Gasteiger partial charge >= 0.3 is 0 Å². The summed E-state index contributed by atoms with van der Waals surface area (Å²) in [6.07, 6.45) is 7.13. The molecule has 1 aromatic rings. The van der Waals surface area contributed by atoms with E-state index in [1.807, 2.05) is 4.90 Å². The van der Waals surface area contributed by atoms with Crippen LogP contribution in [0.4, 0.5) is 0 Å². The number of benzene rings is 1. The molecule has 0 aromatic heterocycles. The molecule has 3 aliphatic rings. The average Bonchev–Trinajstić information content (AvgIpc) is 2.95. The lowest BCUT2D eigenvalue weighted by molar-refractivity contribution is -0.139. The van der Waals surface area contributed by atoms with E-state index in [0.717, 1.165) is 58.3 Å². The first-order chi connectivity index (χ1) is 13.6. The molecule has 28 heavy (non-hydrogen) atoms. The van der Waals surface area contributed by atoms with E-state index in [2.05, 4.69) is 43.0 Å². The SMILES string of the molecule is CCN(CC)C(=O)C[C@@H]1CC2(CCN(C(=O)C3CCC3)CC2)c2ccccc21. The normalized spacial score (nSPS) is 23.4. The molecule has 4 heteroatoms. The molecule has 0 N–H and O–H groups in total. The Morgan fingerprint density at radius 1 is 1.11 bits per heavy atom. The van der Waals surface area contributed by atoms with E-state index >= 15 is 0 Å². The molecular formula is C24H34N2O2. The summed E-state index contributed by atoms with van der Waals surface area (Å²) in [5.74, 6) is 1.28. The molecule has 1 aromatic carbocycles. The quantitative estimate of drug-likeness (QED) is 0.769. The molecule has 2 aliphatic carbocycles. The molecule has 2 fully saturated rings. The molecule has 0 unspecified atom stereocenters. The molecule has 152 valence electrons. The van der Waals surface area contributed by atoms with Gasteiger partial charge in [0, 0.05) is 38.5 Å². The topological polar surface area (TPSA) is 40.6 Å². The van der Waals surface area contributed by atoms with Crippen LogP contribution in [-0.2, 0) is 15.0 Å². The van der Waals surface area contributed by atoms with Crippen molar-refractivity contribution >= 4 is 11.8 Å². The Balaban J connectivity index is 1.48. The maximum absolute atomic E-state index is 12.8. The van der Waals surface area contributed by atoms with E-state index in [4.69, 9.17) is 0 Å². The van der Waals surface area contributed by atoms with Crippen molar-refractivity contribution in [1.29, 1.82) is 0 Å². The monoisotopic (exact) mass is 382 g/mol. The van der Waals surface area contributed by atoms with Crippen LogP contribution < -0.4 is 0 Å². The summed E-state index contributed by atoms with van der Waals surface area (Å²) in [5.41, 5.74) is 2.98. The highest BCUT2D eigenvalue weighted by Crippen LogP contribution is 2.53. The van der Waals surface area contributed by atoms with Crippen LogP contribution in [0.1, 0.15) is 75.8 Å². The first kappa shape index (κ1) is 19.5. The van der Waals surface area contributed by atoms with E-state index in [1.54, 1.807) is 0 Å². The van der Waals surface area contributed by atoms with Gasteiger partial charge in [-0.3, -0.25) is 9.59 Å². The number of hydrogen-bond acceptors (Lipinski definition) is 2. The third-order valence-electron chi connectivity index (χ3n) is 7.63. The zero-order valence-electron chi connectivity index (χ0n) is 17.5. The van der Waals surface area contributed by atoms with Gasteiger partial charge in [-0.15, -0.1) is 0 Å².